The highest BCUT2D eigenvalue weighted by Gasteiger charge is 2.60. The molecule has 0 aliphatic heterocycles. The molecule has 3 aromatic carbocycles. The normalized spacial score (nSPS) is 34.2. The number of aliphatic hydroxyl groups is 4. The fourth-order valence-corrected chi connectivity index (χ4v) is 24.4. The summed E-state index contributed by atoms with van der Waals surface area (Å²) >= 11 is 0. The summed E-state index contributed by atoms with van der Waals surface area (Å²) in [6.07, 6.45) is 14.0. The monoisotopic (exact) mass is 1410 g/mol. The van der Waals surface area contributed by atoms with Gasteiger partial charge < -0.3 is 20.4 Å². The van der Waals surface area contributed by atoms with Gasteiger partial charge in [0.25, 0.3) is 10.1 Å². The topological polar surface area (TPSA) is 193 Å². The summed E-state index contributed by atoms with van der Waals surface area (Å²) < 4.78 is 159. The van der Waals surface area contributed by atoms with Crippen molar-refractivity contribution in [1.82, 2.24) is 0 Å². The molecule has 0 heterocycles. The summed E-state index contributed by atoms with van der Waals surface area (Å²) in [5, 5.41) is 40.0. The van der Waals surface area contributed by atoms with E-state index < -0.39 is 82.8 Å². The lowest BCUT2D eigenvalue weighted by Gasteiger charge is -2.55. The molecule has 0 amide bonds. The molecule has 1 unspecified atom stereocenters. The molecule has 19 atom stereocenters. The maximum Gasteiger partial charge on any atom is 0.419 e. The zero-order valence-corrected chi connectivity index (χ0v) is 59.6. The van der Waals surface area contributed by atoms with E-state index in [2.05, 4.69) is 51.0 Å². The van der Waals surface area contributed by atoms with Crippen molar-refractivity contribution in [2.24, 2.45) is 81.8 Å². The van der Waals surface area contributed by atoms with Crippen molar-refractivity contribution in [1.29, 1.82) is 0 Å². The molecule has 540 valence electrons. The molecule has 4 N–H and O–H groups in total. The number of hydrogen-bond acceptors (Lipinski definition) is 11. The van der Waals surface area contributed by atoms with Crippen LogP contribution in [0.5, 0.6) is 0 Å². The molecule has 96 heavy (non-hydrogen) atoms. The molecule has 8 aliphatic rings. The van der Waals surface area contributed by atoms with Crippen LogP contribution >= 0.6 is 0 Å². The zero-order valence-electron chi connectivity index (χ0n) is 57.1. The second kappa shape index (κ2) is 29.4. The number of sulfone groups is 2. The molecule has 3 aromatic rings. The van der Waals surface area contributed by atoms with Gasteiger partial charge in [0.1, 0.15) is 6.61 Å². The number of hydrogen-bond donors (Lipinski definition) is 4. The number of alkyl halides is 6. The fraction of sp³-hybridized carbons (Fsp3) is 0.711. The van der Waals surface area contributed by atoms with Gasteiger partial charge in [0.15, 0.2) is 30.9 Å². The van der Waals surface area contributed by atoms with Gasteiger partial charge in [-0.15, -0.1) is 0 Å². The van der Waals surface area contributed by atoms with E-state index in [9.17, 15) is 66.9 Å². The molecule has 0 bridgehead atoms. The van der Waals surface area contributed by atoms with Gasteiger partial charge in [-0.05, 0) is 267 Å². The van der Waals surface area contributed by atoms with E-state index in [1.165, 1.54) is 74.1 Å². The Morgan fingerprint density at radius 3 is 1.44 bits per heavy atom. The molecular formula is C76H110F6O11S3. The van der Waals surface area contributed by atoms with E-state index in [0.29, 0.717) is 65.6 Å². The Kier molecular flexibility index (Phi) is 23.9. The first-order valence-corrected chi connectivity index (χ1v) is 39.7. The Bertz CT molecular complexity index is 3520. The predicted octanol–water partition coefficient (Wildman–Crippen LogP) is 17.4. The van der Waals surface area contributed by atoms with Gasteiger partial charge in [-0.25, -0.2) is 16.8 Å². The molecule has 0 saturated heterocycles. The second-order valence-corrected chi connectivity index (χ2v) is 37.5. The van der Waals surface area contributed by atoms with Crippen LogP contribution in [-0.4, -0.2) is 98.0 Å². The lowest BCUT2D eigenvalue weighted by atomic mass is 9.50. The van der Waals surface area contributed by atoms with Gasteiger partial charge in [-0.1, -0.05) is 126 Å². The average Bonchev–Trinajstić information content (AvgIpc) is 1.49. The van der Waals surface area contributed by atoms with E-state index in [-0.39, 0.29) is 46.6 Å². The summed E-state index contributed by atoms with van der Waals surface area (Å²) in [7, 11) is -11.6. The standard InChI is InChI=1S/C34H49F3O4S.C30H44O3S.C11H13F3O4S.CH4/c1-5-33(39)18-16-26-23(20-33)11-12-28-27(26)15-17-31(3)29(13-14-30(28)31)22(2)19-25(21-32(4,38)34(35,36)37)42(40,41)24-9-7-6-8-10-24;1-4-30(31)18-15-24-22(20-30)10-11-26-25(24)14-17-29(3)27(12-13-28(26)29)21(2)16-19-34(32,33)23-8-6-5-7-9-23;1-8-3-5-9(6-4-8)19(16,17)18-7-10(2,15)11(12,13)14;/h6-11,22,25-30,38-39H,5,12-21H2,1-4H3;5-10,21,24-28,31H,4,11-20H2,1-3H3;3-6,15H,7H2,1-2H3;1H4/t22-,25?,26+,27-,28-,29-,30+,31-,32+,33+;21-,24+,25-,26-,27-,28+,29-,30+;10-;/m110./s1. The molecule has 0 radical (unpaired) electrons. The van der Waals surface area contributed by atoms with Crippen LogP contribution in [-0.2, 0) is 34.0 Å². The highest BCUT2D eigenvalue weighted by molar-refractivity contribution is 7.92. The largest absolute Gasteiger partial charge is 0.419 e. The smallest absolute Gasteiger partial charge is 0.390 e. The van der Waals surface area contributed by atoms with Crippen LogP contribution in [0.3, 0.4) is 0 Å². The number of aryl methyl sites for hydroxylation is 1. The lowest BCUT2D eigenvalue weighted by molar-refractivity contribution is -0.260. The number of benzene rings is 3. The first-order chi connectivity index (χ1) is 44.1. The van der Waals surface area contributed by atoms with Crippen LogP contribution in [0.25, 0.3) is 0 Å². The van der Waals surface area contributed by atoms with Crippen molar-refractivity contribution in [3.63, 3.8) is 0 Å². The molecular weight excluding hydrogens is 1300 g/mol. The molecule has 0 spiro atoms. The van der Waals surface area contributed by atoms with Crippen molar-refractivity contribution < 1.29 is 76.2 Å². The quantitative estimate of drug-likeness (QED) is 0.0538. The van der Waals surface area contributed by atoms with Crippen LogP contribution in [0.1, 0.15) is 203 Å². The van der Waals surface area contributed by atoms with Crippen molar-refractivity contribution in [3.05, 3.63) is 114 Å². The molecule has 6 saturated carbocycles. The summed E-state index contributed by atoms with van der Waals surface area (Å²) in [5.74, 6) is 6.73. The van der Waals surface area contributed by atoms with E-state index in [4.69, 9.17) is 5.11 Å². The van der Waals surface area contributed by atoms with Gasteiger partial charge in [0.05, 0.1) is 36.9 Å². The Morgan fingerprint density at radius 1 is 0.562 bits per heavy atom. The van der Waals surface area contributed by atoms with Crippen molar-refractivity contribution in [2.75, 3.05) is 12.4 Å². The van der Waals surface area contributed by atoms with Crippen LogP contribution < -0.4 is 0 Å². The van der Waals surface area contributed by atoms with Crippen molar-refractivity contribution in [3.8, 4) is 0 Å². The third kappa shape index (κ3) is 16.3. The van der Waals surface area contributed by atoms with E-state index in [1.54, 1.807) is 42.8 Å². The first kappa shape index (κ1) is 78.1. The van der Waals surface area contributed by atoms with Crippen LogP contribution in [0.4, 0.5) is 26.3 Å². The molecule has 11 rings (SSSR count). The van der Waals surface area contributed by atoms with Gasteiger partial charge in [-0.3, -0.25) is 4.18 Å². The lowest BCUT2D eigenvalue weighted by Crippen LogP contribution is -2.49. The minimum Gasteiger partial charge on any atom is -0.390 e. The summed E-state index contributed by atoms with van der Waals surface area (Å²) in [6.45, 7) is 14.9. The summed E-state index contributed by atoms with van der Waals surface area (Å²) in [4.78, 5) is 0.199. The minimum absolute atomic E-state index is 0. The molecule has 6 fully saturated rings. The highest BCUT2D eigenvalue weighted by atomic mass is 32.2. The maximum atomic E-state index is 13.8. The first-order valence-electron chi connectivity index (χ1n) is 35.1. The van der Waals surface area contributed by atoms with Crippen LogP contribution in [0.15, 0.2) is 123 Å². The van der Waals surface area contributed by atoms with Gasteiger partial charge >= 0.3 is 12.4 Å². The highest BCUT2D eigenvalue weighted by Crippen LogP contribution is 2.67. The molecule has 0 aromatic heterocycles. The van der Waals surface area contributed by atoms with Crippen LogP contribution in [0.2, 0.25) is 0 Å². The van der Waals surface area contributed by atoms with E-state index in [0.717, 1.165) is 113 Å². The van der Waals surface area contributed by atoms with Crippen molar-refractivity contribution in [2.45, 2.75) is 259 Å². The number of rotatable bonds is 18. The SMILES string of the molecule is C.CC[C@]1(O)CC[C@H]2C(=CC[C@@H]3[C@@H]2CC[C@]2(C)[C@@H]([C@H](C)CC(C[C@](C)(O)C(F)(F)F)S(=O)(=O)c4ccccc4)CC[C@@H]32)C1.CC[C@]1(O)CC[C@H]2C(=CC[C@@H]3[C@@H]2CC[C@]2(C)[C@@H]([C@H](C)CCS(=O)(=O)c4ccccc4)CC[C@@H]32)C1.Cc1ccc(S(=O)(=O)OC[C@](C)(O)C(F)(F)F)cc1. The summed E-state index contributed by atoms with van der Waals surface area (Å²) in [6, 6.07) is 22.1. The second-order valence-electron chi connectivity index (χ2n) is 31.5. The fourth-order valence-electron chi connectivity index (χ4n) is 19.9. The minimum atomic E-state index is -4.98. The third-order valence-electron chi connectivity index (χ3n) is 25.8. The average molecular weight is 1410 g/mol. The third-order valence-corrected chi connectivity index (χ3v) is 31.0. The zero-order chi connectivity index (χ0) is 69.8. The van der Waals surface area contributed by atoms with Crippen LogP contribution in [0, 0.1) is 88.8 Å². The van der Waals surface area contributed by atoms with E-state index >= 15 is 0 Å². The Balaban J connectivity index is 0.000000196. The molecule has 8 aliphatic carbocycles. The molecule has 11 nitrogen and oxygen atoms in total. The Hall–Kier alpha value is -3.63. The molecule has 20 heteroatoms. The van der Waals surface area contributed by atoms with Gasteiger partial charge in [0, 0.05) is 6.42 Å². The number of allylic oxidation sites excluding steroid dienone is 2. The van der Waals surface area contributed by atoms with Gasteiger partial charge in [0.2, 0.25) is 0 Å². The summed E-state index contributed by atoms with van der Waals surface area (Å²) in [5.41, 5.74) is -3.20. The number of halogens is 6. The number of fused-ring (bicyclic) bond motifs is 10. The maximum absolute atomic E-state index is 13.8. The predicted molar refractivity (Wildman–Crippen MR) is 364 cm³/mol. The van der Waals surface area contributed by atoms with Gasteiger partial charge in [-0.2, -0.15) is 34.8 Å². The van der Waals surface area contributed by atoms with E-state index in [1.807, 2.05) is 25.1 Å². The van der Waals surface area contributed by atoms with Crippen molar-refractivity contribution >= 4 is 29.8 Å². The Morgan fingerprint density at radius 2 is 1.00 bits per heavy atom. The Labute approximate surface area is 570 Å².